The number of nitrogens with one attached hydrogen (secondary N) is 1. The molecule has 0 saturated carbocycles. The average Bonchev–Trinajstić information content (AvgIpc) is 2.46. The molecular formula is C16H25ClN2O. The van der Waals surface area contributed by atoms with E-state index >= 15 is 0 Å². The minimum atomic E-state index is 0. The van der Waals surface area contributed by atoms with Crippen molar-refractivity contribution < 1.29 is 4.79 Å². The fraction of sp³-hybridized carbons (Fsp3) is 0.562. The third kappa shape index (κ3) is 3.97. The number of hydrogen-bond donors (Lipinski definition) is 1. The second-order valence-corrected chi connectivity index (χ2v) is 5.70. The highest BCUT2D eigenvalue weighted by Crippen LogP contribution is 2.18. The maximum absolute atomic E-state index is 12.5. The van der Waals surface area contributed by atoms with Gasteiger partial charge in [-0.2, -0.15) is 0 Å². The van der Waals surface area contributed by atoms with Crippen LogP contribution in [0.2, 0.25) is 0 Å². The van der Waals surface area contributed by atoms with Gasteiger partial charge in [0.2, 0.25) is 0 Å². The maximum Gasteiger partial charge on any atom is 0.253 e. The van der Waals surface area contributed by atoms with E-state index in [1.54, 1.807) is 0 Å². The van der Waals surface area contributed by atoms with Gasteiger partial charge in [0.25, 0.3) is 5.91 Å². The lowest BCUT2D eigenvalue weighted by Gasteiger charge is -2.31. The molecule has 112 valence electrons. The molecule has 1 N–H and O–H groups in total. The molecule has 0 spiro atoms. The van der Waals surface area contributed by atoms with Gasteiger partial charge in [0, 0.05) is 25.2 Å². The zero-order valence-electron chi connectivity index (χ0n) is 12.6. The smallest absolute Gasteiger partial charge is 0.253 e. The van der Waals surface area contributed by atoms with Crippen molar-refractivity contribution in [2.45, 2.75) is 38.6 Å². The summed E-state index contributed by atoms with van der Waals surface area (Å²) in [5.74, 6) is 0.589. The Kier molecular flexibility index (Phi) is 6.50. The first-order valence-corrected chi connectivity index (χ1v) is 7.17. The van der Waals surface area contributed by atoms with E-state index in [0.29, 0.717) is 12.0 Å². The Morgan fingerprint density at radius 2 is 2.15 bits per heavy atom. The van der Waals surface area contributed by atoms with Crippen molar-refractivity contribution in [1.29, 1.82) is 0 Å². The molecule has 0 radical (unpaired) electrons. The van der Waals surface area contributed by atoms with Crippen LogP contribution < -0.4 is 5.32 Å². The number of likely N-dealkylation sites (N-methyl/N-ethyl adjacent to an activating group) is 1. The van der Waals surface area contributed by atoms with Crippen LogP contribution in [0.15, 0.2) is 24.3 Å². The van der Waals surface area contributed by atoms with Gasteiger partial charge >= 0.3 is 0 Å². The summed E-state index contributed by atoms with van der Waals surface area (Å²) >= 11 is 0. The van der Waals surface area contributed by atoms with Gasteiger partial charge < -0.3 is 10.2 Å². The van der Waals surface area contributed by atoms with Crippen molar-refractivity contribution >= 4 is 18.3 Å². The average molecular weight is 297 g/mol. The lowest BCUT2D eigenvalue weighted by Crippen LogP contribution is -2.46. The molecule has 1 heterocycles. The van der Waals surface area contributed by atoms with Crippen LogP contribution in [0.3, 0.4) is 0 Å². The highest BCUT2D eigenvalue weighted by molar-refractivity contribution is 5.94. The lowest BCUT2D eigenvalue weighted by atomic mass is 9.99. The molecule has 1 aliphatic rings. The Labute approximate surface area is 128 Å². The third-order valence-corrected chi connectivity index (χ3v) is 3.94. The maximum atomic E-state index is 12.5. The Morgan fingerprint density at radius 3 is 2.75 bits per heavy atom. The molecule has 20 heavy (non-hydrogen) atoms. The van der Waals surface area contributed by atoms with Crippen molar-refractivity contribution in [2.75, 3.05) is 20.1 Å². The molecule has 4 heteroatoms. The second-order valence-electron chi connectivity index (χ2n) is 5.70. The summed E-state index contributed by atoms with van der Waals surface area (Å²) in [5, 5.41) is 3.36. The van der Waals surface area contributed by atoms with Crippen molar-refractivity contribution in [2.24, 2.45) is 0 Å². The van der Waals surface area contributed by atoms with Gasteiger partial charge in [-0.1, -0.05) is 26.0 Å². The number of nitrogens with zero attached hydrogens (tertiary/aromatic N) is 1. The van der Waals surface area contributed by atoms with Crippen LogP contribution in [0, 0.1) is 0 Å². The van der Waals surface area contributed by atoms with Crippen molar-refractivity contribution in [3.8, 4) is 0 Å². The molecule has 0 aromatic heterocycles. The van der Waals surface area contributed by atoms with Gasteiger partial charge in [-0.05, 0) is 43.0 Å². The number of hydrogen-bond acceptors (Lipinski definition) is 2. The Balaban J connectivity index is 0.00000200. The normalized spacial score (nSPS) is 18.5. The first kappa shape index (κ1) is 17.0. The first-order chi connectivity index (χ1) is 9.09. The molecule has 1 amide bonds. The predicted molar refractivity (Wildman–Crippen MR) is 85.8 cm³/mol. The molecule has 1 aromatic carbocycles. The molecule has 0 aliphatic carbocycles. The van der Waals surface area contributed by atoms with E-state index in [-0.39, 0.29) is 18.3 Å². The van der Waals surface area contributed by atoms with E-state index in [9.17, 15) is 4.79 Å². The van der Waals surface area contributed by atoms with Gasteiger partial charge in [-0.15, -0.1) is 12.4 Å². The molecule has 0 bridgehead atoms. The molecule has 1 aromatic rings. The molecule has 1 saturated heterocycles. The van der Waals surface area contributed by atoms with E-state index in [4.69, 9.17) is 0 Å². The SMILES string of the molecule is CC(C)c1cccc(C(=O)N(C)C2CCCNC2)c1.Cl. The fourth-order valence-electron chi connectivity index (χ4n) is 2.56. The van der Waals surface area contributed by atoms with Crippen LogP contribution in [0.4, 0.5) is 0 Å². The van der Waals surface area contributed by atoms with Gasteiger partial charge in [-0.25, -0.2) is 0 Å². The molecule has 1 unspecified atom stereocenters. The number of amides is 1. The van der Waals surface area contributed by atoms with Gasteiger partial charge in [0.1, 0.15) is 0 Å². The summed E-state index contributed by atoms with van der Waals surface area (Å²) in [6.45, 7) is 6.28. The zero-order valence-corrected chi connectivity index (χ0v) is 13.4. The first-order valence-electron chi connectivity index (χ1n) is 7.17. The lowest BCUT2D eigenvalue weighted by molar-refractivity contribution is 0.0708. The minimum Gasteiger partial charge on any atom is -0.337 e. The highest BCUT2D eigenvalue weighted by atomic mass is 35.5. The summed E-state index contributed by atoms with van der Waals surface area (Å²) in [6, 6.07) is 8.34. The Bertz CT molecular complexity index is 442. The molecule has 3 nitrogen and oxygen atoms in total. The van der Waals surface area contributed by atoms with E-state index in [1.807, 2.05) is 30.1 Å². The molecule has 1 aliphatic heterocycles. The number of carbonyl (C=O) groups excluding carboxylic acids is 1. The minimum absolute atomic E-state index is 0. The Morgan fingerprint density at radius 1 is 1.40 bits per heavy atom. The van der Waals surface area contributed by atoms with Gasteiger partial charge in [0.05, 0.1) is 0 Å². The molecule has 2 rings (SSSR count). The summed E-state index contributed by atoms with van der Waals surface area (Å²) < 4.78 is 0. The Hall–Kier alpha value is -1.06. The van der Waals surface area contributed by atoms with Crippen LogP contribution in [0.5, 0.6) is 0 Å². The topological polar surface area (TPSA) is 32.3 Å². The molecule has 1 atom stereocenters. The monoisotopic (exact) mass is 296 g/mol. The van der Waals surface area contributed by atoms with Crippen molar-refractivity contribution in [3.63, 3.8) is 0 Å². The van der Waals surface area contributed by atoms with Crippen LogP contribution >= 0.6 is 12.4 Å². The number of rotatable bonds is 3. The van der Waals surface area contributed by atoms with E-state index < -0.39 is 0 Å². The molecule has 1 fully saturated rings. The summed E-state index contributed by atoms with van der Waals surface area (Å²) in [5.41, 5.74) is 2.03. The fourth-order valence-corrected chi connectivity index (χ4v) is 2.56. The zero-order chi connectivity index (χ0) is 13.8. The number of piperidine rings is 1. The number of benzene rings is 1. The van der Waals surface area contributed by atoms with Crippen LogP contribution in [0.1, 0.15) is 48.5 Å². The highest BCUT2D eigenvalue weighted by Gasteiger charge is 2.22. The van der Waals surface area contributed by atoms with Crippen molar-refractivity contribution in [1.82, 2.24) is 10.2 Å². The predicted octanol–water partition coefficient (Wildman–Crippen LogP) is 3.06. The summed E-state index contributed by atoms with van der Waals surface area (Å²) in [4.78, 5) is 14.4. The quantitative estimate of drug-likeness (QED) is 0.930. The second kappa shape index (κ2) is 7.65. The van der Waals surface area contributed by atoms with Crippen LogP contribution in [-0.2, 0) is 0 Å². The third-order valence-electron chi connectivity index (χ3n) is 3.94. The van der Waals surface area contributed by atoms with E-state index in [1.165, 1.54) is 5.56 Å². The summed E-state index contributed by atoms with van der Waals surface area (Å²) in [7, 11) is 1.92. The van der Waals surface area contributed by atoms with Crippen LogP contribution in [0.25, 0.3) is 0 Å². The number of halogens is 1. The molecular weight excluding hydrogens is 272 g/mol. The van der Waals surface area contributed by atoms with Gasteiger partial charge in [-0.3, -0.25) is 4.79 Å². The van der Waals surface area contributed by atoms with Gasteiger partial charge in [0.15, 0.2) is 0 Å². The van der Waals surface area contributed by atoms with Crippen molar-refractivity contribution in [3.05, 3.63) is 35.4 Å². The van der Waals surface area contributed by atoms with E-state index in [2.05, 4.69) is 25.2 Å². The van der Waals surface area contributed by atoms with E-state index in [0.717, 1.165) is 31.5 Å². The standard InChI is InChI=1S/C16H24N2O.ClH/c1-12(2)13-6-4-7-14(10-13)16(19)18(3)15-8-5-9-17-11-15;/h4,6-7,10,12,15,17H,5,8-9,11H2,1-3H3;1H. The largest absolute Gasteiger partial charge is 0.337 e. The number of carbonyl (C=O) groups is 1. The van der Waals surface area contributed by atoms with Crippen LogP contribution in [-0.4, -0.2) is 37.0 Å². The summed E-state index contributed by atoms with van der Waals surface area (Å²) in [6.07, 6.45) is 2.24.